The summed E-state index contributed by atoms with van der Waals surface area (Å²) in [7, 11) is -8.25. The number of sulfonamides is 2. The zero-order valence-electron chi connectivity index (χ0n) is 12.1. The maximum Gasteiger partial charge on any atom is 0.322 e. The molecule has 0 unspecified atom stereocenters. The lowest BCUT2D eigenvalue weighted by molar-refractivity contribution is -0.140. The maximum atomic E-state index is 12.2. The lowest BCUT2D eigenvalue weighted by atomic mass is 10.0. The summed E-state index contributed by atoms with van der Waals surface area (Å²) < 4.78 is 49.1. The molecule has 0 aliphatic heterocycles. The van der Waals surface area contributed by atoms with Crippen molar-refractivity contribution in [3.63, 3.8) is 0 Å². The predicted molar refractivity (Wildman–Crippen MR) is 79.0 cm³/mol. The Labute approximate surface area is 129 Å². The largest absolute Gasteiger partial charge is 0.480 e. The van der Waals surface area contributed by atoms with E-state index in [2.05, 4.69) is 4.72 Å². The number of carboxylic acids is 1. The van der Waals surface area contributed by atoms with Gasteiger partial charge >= 0.3 is 5.97 Å². The van der Waals surface area contributed by atoms with Crippen LogP contribution in [0, 0.1) is 5.92 Å². The van der Waals surface area contributed by atoms with E-state index >= 15 is 0 Å². The number of nitrogens with one attached hydrogen (secondary N) is 1. The highest BCUT2D eigenvalue weighted by Gasteiger charge is 2.29. The van der Waals surface area contributed by atoms with Gasteiger partial charge in [0.2, 0.25) is 20.0 Å². The fourth-order valence-electron chi connectivity index (χ4n) is 1.70. The molecule has 0 aromatic heterocycles. The van der Waals surface area contributed by atoms with Gasteiger partial charge in [0.25, 0.3) is 0 Å². The molecule has 1 rings (SSSR count). The Morgan fingerprint density at radius 3 is 2.27 bits per heavy atom. The van der Waals surface area contributed by atoms with Crippen molar-refractivity contribution in [3.05, 3.63) is 24.3 Å². The van der Waals surface area contributed by atoms with E-state index < -0.39 is 38.0 Å². The Kier molecular flexibility index (Phi) is 5.68. The molecule has 0 fully saturated rings. The fraction of sp³-hybridized carbons (Fsp3) is 0.417. The van der Waals surface area contributed by atoms with E-state index in [4.69, 9.17) is 10.2 Å². The van der Waals surface area contributed by atoms with Crippen LogP contribution in [0.15, 0.2) is 34.1 Å². The highest BCUT2D eigenvalue weighted by molar-refractivity contribution is 7.90. The second kappa shape index (κ2) is 6.73. The first-order chi connectivity index (χ1) is 9.99. The molecule has 2 atom stereocenters. The number of rotatable bonds is 7. The van der Waals surface area contributed by atoms with Crippen molar-refractivity contribution >= 4 is 26.0 Å². The summed E-state index contributed by atoms with van der Waals surface area (Å²) in [4.78, 5) is 10.5. The molecule has 0 saturated carbocycles. The number of carbonyl (C=O) groups is 1. The van der Waals surface area contributed by atoms with Crippen LogP contribution in [0.1, 0.15) is 20.3 Å². The standard InChI is InChI=1S/C12H18N2O6S2/c1-3-8(2)11(12(15)16)14-22(19,20)10-6-4-5-9(7-10)21(13,17)18/h4-8,11,14H,3H2,1-2H3,(H,15,16)(H2,13,17,18)/t8-,11-/m0/s1. The van der Waals surface area contributed by atoms with Crippen molar-refractivity contribution in [2.75, 3.05) is 0 Å². The summed E-state index contributed by atoms with van der Waals surface area (Å²) in [6.07, 6.45) is 0.455. The van der Waals surface area contributed by atoms with Crippen LogP contribution in [0.25, 0.3) is 0 Å². The lowest BCUT2D eigenvalue weighted by Gasteiger charge is -2.20. The Morgan fingerprint density at radius 2 is 1.82 bits per heavy atom. The van der Waals surface area contributed by atoms with Crippen LogP contribution in [0.3, 0.4) is 0 Å². The number of primary sulfonamides is 1. The van der Waals surface area contributed by atoms with E-state index in [-0.39, 0.29) is 9.79 Å². The second-order valence-electron chi connectivity index (χ2n) is 4.84. The molecule has 1 aromatic carbocycles. The van der Waals surface area contributed by atoms with Crippen molar-refractivity contribution in [1.82, 2.24) is 4.72 Å². The highest BCUT2D eigenvalue weighted by atomic mass is 32.2. The van der Waals surface area contributed by atoms with Crippen LogP contribution in [0.2, 0.25) is 0 Å². The van der Waals surface area contributed by atoms with Crippen molar-refractivity contribution in [1.29, 1.82) is 0 Å². The number of hydrogen-bond donors (Lipinski definition) is 3. The molecule has 0 radical (unpaired) electrons. The normalized spacial score (nSPS) is 15.2. The van der Waals surface area contributed by atoms with Gasteiger partial charge in [0.1, 0.15) is 6.04 Å². The van der Waals surface area contributed by atoms with Gasteiger partial charge in [0.15, 0.2) is 0 Å². The van der Waals surface area contributed by atoms with Gasteiger partial charge in [-0.1, -0.05) is 26.3 Å². The minimum absolute atomic E-state index is 0.367. The molecule has 0 aliphatic carbocycles. The molecule has 8 nitrogen and oxygen atoms in total. The molecule has 0 saturated heterocycles. The van der Waals surface area contributed by atoms with E-state index in [1.54, 1.807) is 13.8 Å². The molecule has 0 amide bonds. The Hall–Kier alpha value is -1.49. The smallest absolute Gasteiger partial charge is 0.322 e. The molecule has 4 N–H and O–H groups in total. The van der Waals surface area contributed by atoms with Gasteiger partial charge in [0.05, 0.1) is 9.79 Å². The van der Waals surface area contributed by atoms with Gasteiger partial charge in [-0.2, -0.15) is 4.72 Å². The molecule has 10 heteroatoms. The van der Waals surface area contributed by atoms with Crippen LogP contribution in [0.5, 0.6) is 0 Å². The van der Waals surface area contributed by atoms with Gasteiger partial charge in [-0.25, -0.2) is 22.0 Å². The first kappa shape index (κ1) is 18.6. The Bertz CT molecular complexity index is 758. The number of benzene rings is 1. The van der Waals surface area contributed by atoms with E-state index in [9.17, 15) is 21.6 Å². The van der Waals surface area contributed by atoms with Crippen LogP contribution in [-0.2, 0) is 24.8 Å². The Morgan fingerprint density at radius 1 is 1.27 bits per heavy atom. The molecule has 22 heavy (non-hydrogen) atoms. The minimum atomic E-state index is -4.19. The Balaban J connectivity index is 3.22. The molecular formula is C12H18N2O6S2. The number of aliphatic carboxylic acids is 1. The molecule has 0 aliphatic rings. The van der Waals surface area contributed by atoms with Crippen molar-refractivity contribution in [3.8, 4) is 0 Å². The van der Waals surface area contributed by atoms with Gasteiger partial charge < -0.3 is 5.11 Å². The zero-order chi connectivity index (χ0) is 17.1. The first-order valence-corrected chi connectivity index (χ1v) is 9.40. The topological polar surface area (TPSA) is 144 Å². The molecule has 0 spiro atoms. The second-order valence-corrected chi connectivity index (χ2v) is 8.12. The van der Waals surface area contributed by atoms with Crippen LogP contribution in [0.4, 0.5) is 0 Å². The lowest BCUT2D eigenvalue weighted by Crippen LogP contribution is -2.44. The van der Waals surface area contributed by atoms with E-state index in [1.807, 2.05) is 0 Å². The summed E-state index contributed by atoms with van der Waals surface area (Å²) in [5.74, 6) is -1.74. The monoisotopic (exact) mass is 350 g/mol. The van der Waals surface area contributed by atoms with E-state index in [0.29, 0.717) is 6.42 Å². The van der Waals surface area contributed by atoms with E-state index in [1.165, 1.54) is 6.07 Å². The van der Waals surface area contributed by atoms with Gasteiger partial charge in [0, 0.05) is 0 Å². The van der Waals surface area contributed by atoms with Crippen molar-refractivity contribution in [2.45, 2.75) is 36.1 Å². The first-order valence-electron chi connectivity index (χ1n) is 6.37. The number of carboxylic acid groups (broad SMARTS) is 1. The van der Waals surface area contributed by atoms with Crippen LogP contribution in [-0.4, -0.2) is 34.0 Å². The summed E-state index contributed by atoms with van der Waals surface area (Å²) in [5, 5.41) is 14.1. The highest BCUT2D eigenvalue weighted by Crippen LogP contribution is 2.17. The summed E-state index contributed by atoms with van der Waals surface area (Å²) in [6.45, 7) is 3.33. The molecule has 0 heterocycles. The number of nitrogens with two attached hydrogens (primary N) is 1. The van der Waals surface area contributed by atoms with Gasteiger partial charge in [-0.05, 0) is 24.1 Å². The average Bonchev–Trinajstić information content (AvgIpc) is 2.43. The molecule has 1 aromatic rings. The van der Waals surface area contributed by atoms with E-state index in [0.717, 1.165) is 18.2 Å². The van der Waals surface area contributed by atoms with Crippen molar-refractivity contribution in [2.24, 2.45) is 11.1 Å². The van der Waals surface area contributed by atoms with Crippen LogP contribution >= 0.6 is 0 Å². The van der Waals surface area contributed by atoms with Crippen LogP contribution < -0.4 is 9.86 Å². The zero-order valence-corrected chi connectivity index (χ0v) is 13.7. The molecule has 124 valence electrons. The van der Waals surface area contributed by atoms with Gasteiger partial charge in [-0.15, -0.1) is 0 Å². The molecular weight excluding hydrogens is 332 g/mol. The number of hydrogen-bond acceptors (Lipinski definition) is 5. The summed E-state index contributed by atoms with van der Waals surface area (Å²) in [6, 6.07) is 3.10. The molecule has 0 bridgehead atoms. The summed E-state index contributed by atoms with van der Waals surface area (Å²) >= 11 is 0. The quantitative estimate of drug-likeness (QED) is 0.637. The average molecular weight is 350 g/mol. The fourth-order valence-corrected chi connectivity index (χ4v) is 3.68. The SMILES string of the molecule is CC[C@H](C)[C@H](NS(=O)(=O)c1cccc(S(N)(=O)=O)c1)C(=O)O. The predicted octanol–water partition coefficient (Wildman–Crippen LogP) is 0.112. The third-order valence-corrected chi connectivity index (χ3v) is 5.56. The third kappa shape index (κ3) is 4.50. The third-order valence-electron chi connectivity index (χ3n) is 3.21. The minimum Gasteiger partial charge on any atom is -0.480 e. The van der Waals surface area contributed by atoms with Crippen molar-refractivity contribution < 1.29 is 26.7 Å². The maximum absolute atomic E-state index is 12.2. The summed E-state index contributed by atoms with van der Waals surface area (Å²) in [5.41, 5.74) is 0. The van der Waals surface area contributed by atoms with Gasteiger partial charge in [-0.3, -0.25) is 4.79 Å².